The summed E-state index contributed by atoms with van der Waals surface area (Å²) in [5.41, 5.74) is 10.5. The van der Waals surface area contributed by atoms with E-state index in [1.54, 1.807) is 7.11 Å². The van der Waals surface area contributed by atoms with E-state index in [-0.39, 0.29) is 5.91 Å². The van der Waals surface area contributed by atoms with Crippen LogP contribution in [0.15, 0.2) is 18.2 Å². The fourth-order valence-electron chi connectivity index (χ4n) is 2.35. The standard InChI is InChI=1S/C15H24N4O2/c1-18-7-9-19(10-8-18)17-15(20)6-4-12-3-5-14(21-2)13(16)11-12/h3,5,11H,4,6-10,16H2,1-2H3,(H,17,20). The number of nitrogens with one attached hydrogen (secondary N) is 1. The minimum Gasteiger partial charge on any atom is -0.495 e. The topological polar surface area (TPSA) is 70.8 Å². The Morgan fingerprint density at radius 1 is 1.33 bits per heavy atom. The molecule has 1 aliphatic heterocycles. The molecule has 1 aromatic carbocycles. The molecule has 1 aromatic rings. The number of anilines is 1. The number of nitrogens with two attached hydrogens (primary N) is 1. The molecule has 3 N–H and O–H groups in total. The van der Waals surface area contributed by atoms with Crippen LogP contribution >= 0.6 is 0 Å². The van der Waals surface area contributed by atoms with Gasteiger partial charge in [0.1, 0.15) is 5.75 Å². The average molecular weight is 292 g/mol. The number of nitrogens with zero attached hydrogens (tertiary/aromatic N) is 2. The number of carbonyl (C=O) groups is 1. The molecular formula is C15H24N4O2. The van der Waals surface area contributed by atoms with Crippen LogP contribution in [0, 0.1) is 0 Å². The van der Waals surface area contributed by atoms with Gasteiger partial charge in [0.2, 0.25) is 5.91 Å². The second-order valence-electron chi connectivity index (χ2n) is 5.40. The van der Waals surface area contributed by atoms with E-state index in [4.69, 9.17) is 10.5 Å². The van der Waals surface area contributed by atoms with Crippen LogP contribution < -0.4 is 15.9 Å². The van der Waals surface area contributed by atoms with Crippen LogP contribution in [0.1, 0.15) is 12.0 Å². The van der Waals surface area contributed by atoms with Crippen LogP contribution in [0.25, 0.3) is 0 Å². The van der Waals surface area contributed by atoms with Crippen molar-refractivity contribution in [1.82, 2.24) is 15.3 Å². The number of carbonyl (C=O) groups excluding carboxylic acids is 1. The van der Waals surface area contributed by atoms with Gasteiger partial charge in [0.15, 0.2) is 0 Å². The van der Waals surface area contributed by atoms with Crippen molar-refractivity contribution in [3.63, 3.8) is 0 Å². The lowest BCUT2D eigenvalue weighted by Gasteiger charge is -2.32. The highest BCUT2D eigenvalue weighted by Crippen LogP contribution is 2.22. The van der Waals surface area contributed by atoms with E-state index in [1.807, 2.05) is 23.2 Å². The molecule has 1 heterocycles. The first-order valence-electron chi connectivity index (χ1n) is 7.24. The van der Waals surface area contributed by atoms with Gasteiger partial charge < -0.3 is 15.4 Å². The van der Waals surface area contributed by atoms with E-state index in [0.717, 1.165) is 31.7 Å². The van der Waals surface area contributed by atoms with E-state index in [0.29, 0.717) is 24.3 Å². The van der Waals surface area contributed by atoms with E-state index >= 15 is 0 Å². The predicted molar refractivity (Wildman–Crippen MR) is 82.9 cm³/mol. The lowest BCUT2D eigenvalue weighted by molar-refractivity contribution is -0.126. The molecule has 1 aliphatic rings. The molecule has 21 heavy (non-hydrogen) atoms. The monoisotopic (exact) mass is 292 g/mol. The zero-order valence-electron chi connectivity index (χ0n) is 12.8. The maximum Gasteiger partial charge on any atom is 0.234 e. The average Bonchev–Trinajstić information content (AvgIpc) is 2.48. The maximum absolute atomic E-state index is 12.0. The van der Waals surface area contributed by atoms with Gasteiger partial charge >= 0.3 is 0 Å². The zero-order valence-corrected chi connectivity index (χ0v) is 12.8. The molecule has 6 heteroatoms. The van der Waals surface area contributed by atoms with Gasteiger partial charge in [-0.1, -0.05) is 6.07 Å². The highest BCUT2D eigenvalue weighted by molar-refractivity contribution is 5.75. The van der Waals surface area contributed by atoms with Gasteiger partial charge in [-0.3, -0.25) is 10.2 Å². The van der Waals surface area contributed by atoms with Crippen LogP contribution in [-0.2, 0) is 11.2 Å². The SMILES string of the molecule is COc1ccc(CCC(=O)NN2CCN(C)CC2)cc1N. The third-order valence-corrected chi connectivity index (χ3v) is 3.72. The first-order valence-corrected chi connectivity index (χ1v) is 7.24. The number of rotatable bonds is 5. The van der Waals surface area contributed by atoms with Crippen molar-refractivity contribution < 1.29 is 9.53 Å². The summed E-state index contributed by atoms with van der Waals surface area (Å²) in [5.74, 6) is 0.717. The number of hydrazine groups is 1. The zero-order chi connectivity index (χ0) is 15.2. The second kappa shape index (κ2) is 7.28. The molecule has 0 spiro atoms. The fourth-order valence-corrected chi connectivity index (χ4v) is 2.35. The first kappa shape index (κ1) is 15.6. The molecule has 1 saturated heterocycles. The Morgan fingerprint density at radius 2 is 2.05 bits per heavy atom. The maximum atomic E-state index is 12.0. The summed E-state index contributed by atoms with van der Waals surface area (Å²) in [6.07, 6.45) is 1.13. The predicted octanol–water partition coefficient (Wildman–Crippen LogP) is 0.489. The number of benzene rings is 1. The van der Waals surface area contributed by atoms with Crippen LogP contribution in [-0.4, -0.2) is 56.2 Å². The number of hydrogen-bond acceptors (Lipinski definition) is 5. The molecule has 1 fully saturated rings. The molecule has 0 atom stereocenters. The quantitative estimate of drug-likeness (QED) is 0.773. The molecule has 0 saturated carbocycles. The summed E-state index contributed by atoms with van der Waals surface area (Å²) in [7, 11) is 3.68. The lowest BCUT2D eigenvalue weighted by Crippen LogP contribution is -2.52. The highest BCUT2D eigenvalue weighted by atomic mass is 16.5. The minimum atomic E-state index is 0.0499. The molecule has 6 nitrogen and oxygen atoms in total. The number of aryl methyl sites for hydroxylation is 1. The molecule has 0 bridgehead atoms. The van der Waals surface area contributed by atoms with Crippen LogP contribution in [0.2, 0.25) is 0 Å². The molecule has 0 radical (unpaired) electrons. The van der Waals surface area contributed by atoms with E-state index in [2.05, 4.69) is 17.4 Å². The number of amides is 1. The summed E-state index contributed by atoms with van der Waals surface area (Å²) in [4.78, 5) is 14.2. The molecule has 1 amide bonds. The normalized spacial score (nSPS) is 16.7. The van der Waals surface area contributed by atoms with Gasteiger partial charge in [-0.2, -0.15) is 0 Å². The molecular weight excluding hydrogens is 268 g/mol. The number of ether oxygens (including phenoxy) is 1. The Labute approximate surface area is 125 Å². The van der Waals surface area contributed by atoms with Gasteiger partial charge in [0.25, 0.3) is 0 Å². The van der Waals surface area contributed by atoms with Crippen molar-refractivity contribution in [2.24, 2.45) is 0 Å². The Hall–Kier alpha value is -1.79. The minimum absolute atomic E-state index is 0.0499. The summed E-state index contributed by atoms with van der Waals surface area (Å²) in [5, 5.41) is 1.99. The van der Waals surface area contributed by atoms with Gasteiger partial charge in [0, 0.05) is 32.6 Å². The first-order chi connectivity index (χ1) is 10.1. The van der Waals surface area contributed by atoms with Gasteiger partial charge in [0.05, 0.1) is 12.8 Å². The third kappa shape index (κ3) is 4.61. The Morgan fingerprint density at radius 3 is 2.67 bits per heavy atom. The third-order valence-electron chi connectivity index (χ3n) is 3.72. The van der Waals surface area contributed by atoms with Crippen LogP contribution in [0.5, 0.6) is 5.75 Å². The van der Waals surface area contributed by atoms with E-state index in [1.165, 1.54) is 0 Å². The molecule has 0 aliphatic carbocycles. The van der Waals surface area contributed by atoms with Gasteiger partial charge in [-0.15, -0.1) is 0 Å². The van der Waals surface area contributed by atoms with Crippen molar-refractivity contribution in [2.45, 2.75) is 12.8 Å². The number of likely N-dealkylation sites (N-methyl/N-ethyl adjacent to an activating group) is 1. The van der Waals surface area contributed by atoms with Crippen LogP contribution in [0.4, 0.5) is 5.69 Å². The molecule has 0 aromatic heterocycles. The Kier molecular flexibility index (Phi) is 5.41. The molecule has 0 unspecified atom stereocenters. The number of nitrogen functional groups attached to an aromatic ring is 1. The second-order valence-corrected chi connectivity index (χ2v) is 5.40. The smallest absolute Gasteiger partial charge is 0.234 e. The Bertz CT molecular complexity index is 485. The lowest BCUT2D eigenvalue weighted by atomic mass is 10.1. The largest absolute Gasteiger partial charge is 0.495 e. The Balaban J connectivity index is 1.77. The van der Waals surface area contributed by atoms with E-state index < -0.39 is 0 Å². The summed E-state index contributed by atoms with van der Waals surface area (Å²) < 4.78 is 5.12. The van der Waals surface area contributed by atoms with Crippen LogP contribution in [0.3, 0.4) is 0 Å². The van der Waals surface area contributed by atoms with Crippen molar-refractivity contribution in [3.8, 4) is 5.75 Å². The summed E-state index contributed by atoms with van der Waals surface area (Å²) in [6.45, 7) is 3.71. The van der Waals surface area contributed by atoms with Crippen molar-refractivity contribution in [3.05, 3.63) is 23.8 Å². The number of methoxy groups -OCH3 is 1. The number of hydrogen-bond donors (Lipinski definition) is 2. The molecule has 2 rings (SSSR count). The van der Waals surface area contributed by atoms with Gasteiger partial charge in [-0.25, -0.2) is 5.01 Å². The van der Waals surface area contributed by atoms with Crippen molar-refractivity contribution in [2.75, 3.05) is 46.1 Å². The molecule has 116 valence electrons. The summed E-state index contributed by atoms with van der Waals surface area (Å²) >= 11 is 0. The highest BCUT2D eigenvalue weighted by Gasteiger charge is 2.15. The number of piperazine rings is 1. The van der Waals surface area contributed by atoms with Crippen molar-refractivity contribution in [1.29, 1.82) is 0 Å². The summed E-state index contributed by atoms with van der Waals surface area (Å²) in [6, 6.07) is 5.64. The van der Waals surface area contributed by atoms with Crippen molar-refractivity contribution >= 4 is 11.6 Å². The van der Waals surface area contributed by atoms with E-state index in [9.17, 15) is 4.79 Å². The fraction of sp³-hybridized carbons (Fsp3) is 0.533. The van der Waals surface area contributed by atoms with Gasteiger partial charge in [-0.05, 0) is 31.2 Å².